The lowest BCUT2D eigenvalue weighted by atomic mass is 10.0. The Kier molecular flexibility index (Phi) is 7.06. The number of hydrogen-bond acceptors (Lipinski definition) is 3. The highest BCUT2D eigenvalue weighted by Crippen LogP contribution is 2.24. The molecule has 0 aliphatic rings. The summed E-state index contributed by atoms with van der Waals surface area (Å²) >= 11 is 3.29. The molecule has 9 heteroatoms. The van der Waals surface area contributed by atoms with E-state index in [2.05, 4.69) is 31.3 Å². The first-order chi connectivity index (χ1) is 13.1. The van der Waals surface area contributed by atoms with Gasteiger partial charge in [0.25, 0.3) is 5.91 Å². The van der Waals surface area contributed by atoms with E-state index in [1.807, 2.05) is 0 Å². The van der Waals surface area contributed by atoms with Crippen molar-refractivity contribution in [1.82, 2.24) is 5.32 Å². The predicted molar refractivity (Wildman–Crippen MR) is 102 cm³/mol. The number of rotatable bonds is 6. The van der Waals surface area contributed by atoms with Gasteiger partial charge in [0.15, 0.2) is 0 Å². The molecule has 0 fully saturated rings. The summed E-state index contributed by atoms with van der Waals surface area (Å²) in [5, 5.41) is 5.26. The van der Waals surface area contributed by atoms with Crippen molar-refractivity contribution in [2.75, 3.05) is 5.32 Å². The highest BCUT2D eigenvalue weighted by molar-refractivity contribution is 9.10. The smallest absolute Gasteiger partial charge is 0.406 e. The van der Waals surface area contributed by atoms with E-state index in [9.17, 15) is 22.8 Å². The van der Waals surface area contributed by atoms with Gasteiger partial charge in [0.05, 0.1) is 5.56 Å². The average Bonchev–Trinajstić information content (AvgIpc) is 2.60. The van der Waals surface area contributed by atoms with Gasteiger partial charge in [0.1, 0.15) is 11.8 Å². The lowest BCUT2D eigenvalue weighted by Gasteiger charge is -2.22. The molecule has 2 aromatic rings. The van der Waals surface area contributed by atoms with Crippen molar-refractivity contribution in [3.05, 3.63) is 58.6 Å². The number of amides is 2. The third-order valence-electron chi connectivity index (χ3n) is 3.71. The summed E-state index contributed by atoms with van der Waals surface area (Å²) in [6.45, 7) is 3.54. The van der Waals surface area contributed by atoms with Gasteiger partial charge in [-0.2, -0.15) is 0 Å². The van der Waals surface area contributed by atoms with Crippen molar-refractivity contribution in [2.45, 2.75) is 26.3 Å². The van der Waals surface area contributed by atoms with Gasteiger partial charge in [-0.25, -0.2) is 0 Å². The SMILES string of the molecule is CC(C)[C@H](NC(=O)c1ccccc1Br)C(=O)Nc1ccc(OC(F)(F)F)cc1. The normalized spacial score (nSPS) is 12.4. The number of hydrogen-bond donors (Lipinski definition) is 2. The molecule has 0 aromatic heterocycles. The molecule has 0 radical (unpaired) electrons. The first-order valence-corrected chi connectivity index (χ1v) is 9.08. The second-order valence-electron chi connectivity index (χ2n) is 6.24. The monoisotopic (exact) mass is 458 g/mol. The molecule has 0 bridgehead atoms. The molecule has 2 N–H and O–H groups in total. The molecule has 0 aliphatic carbocycles. The Morgan fingerprint density at radius 1 is 1.04 bits per heavy atom. The number of halogens is 4. The van der Waals surface area contributed by atoms with Gasteiger partial charge in [-0.3, -0.25) is 9.59 Å². The summed E-state index contributed by atoms with van der Waals surface area (Å²) < 4.78 is 41.0. The number of ether oxygens (including phenoxy) is 1. The maximum Gasteiger partial charge on any atom is 0.573 e. The van der Waals surface area contributed by atoms with Crippen LogP contribution in [-0.2, 0) is 4.79 Å². The third-order valence-corrected chi connectivity index (χ3v) is 4.40. The number of alkyl halides is 3. The quantitative estimate of drug-likeness (QED) is 0.656. The van der Waals surface area contributed by atoms with Gasteiger partial charge in [-0.1, -0.05) is 26.0 Å². The van der Waals surface area contributed by atoms with Crippen LogP contribution in [0.1, 0.15) is 24.2 Å². The van der Waals surface area contributed by atoms with Gasteiger partial charge in [0, 0.05) is 10.2 Å². The molecule has 28 heavy (non-hydrogen) atoms. The molecule has 0 aliphatic heterocycles. The Hall–Kier alpha value is -2.55. The molecule has 2 aromatic carbocycles. The average molecular weight is 459 g/mol. The minimum Gasteiger partial charge on any atom is -0.406 e. The Bertz CT molecular complexity index is 839. The summed E-state index contributed by atoms with van der Waals surface area (Å²) in [6, 6.07) is 10.7. The van der Waals surface area contributed by atoms with Crippen LogP contribution in [-0.4, -0.2) is 24.2 Å². The van der Waals surface area contributed by atoms with Gasteiger partial charge in [0.2, 0.25) is 5.91 Å². The molecule has 2 amide bonds. The largest absolute Gasteiger partial charge is 0.573 e. The van der Waals surface area contributed by atoms with E-state index in [0.717, 1.165) is 12.1 Å². The van der Waals surface area contributed by atoms with Crippen molar-refractivity contribution in [3.8, 4) is 5.75 Å². The topological polar surface area (TPSA) is 67.4 Å². The first kappa shape index (κ1) is 21.7. The van der Waals surface area contributed by atoms with Crippen LogP contribution in [0.2, 0.25) is 0 Å². The van der Waals surface area contributed by atoms with Crippen LogP contribution in [0.25, 0.3) is 0 Å². The standard InChI is InChI=1S/C19H18BrF3N2O3/c1-11(2)16(25-17(26)14-5-3-4-6-15(14)20)18(27)24-12-7-9-13(10-8-12)28-19(21,22)23/h3-11,16H,1-2H3,(H,24,27)(H,25,26)/t16-/m0/s1. The van der Waals surface area contributed by atoms with Crippen molar-refractivity contribution < 1.29 is 27.5 Å². The zero-order valence-electron chi connectivity index (χ0n) is 15.0. The van der Waals surface area contributed by atoms with Gasteiger partial charge in [-0.05, 0) is 58.2 Å². The zero-order valence-corrected chi connectivity index (χ0v) is 16.6. The summed E-state index contributed by atoms with van der Waals surface area (Å²) in [4.78, 5) is 25.0. The fraction of sp³-hybridized carbons (Fsp3) is 0.263. The highest BCUT2D eigenvalue weighted by Gasteiger charge is 2.31. The zero-order chi connectivity index (χ0) is 20.9. The van der Waals surface area contributed by atoms with E-state index < -0.39 is 30.0 Å². The molecule has 0 unspecified atom stereocenters. The van der Waals surface area contributed by atoms with Crippen LogP contribution in [0, 0.1) is 5.92 Å². The number of carbonyl (C=O) groups excluding carboxylic acids is 2. The van der Waals surface area contributed by atoms with Crippen LogP contribution >= 0.6 is 15.9 Å². The van der Waals surface area contributed by atoms with E-state index in [1.54, 1.807) is 38.1 Å². The van der Waals surface area contributed by atoms with Crippen LogP contribution in [0.5, 0.6) is 5.75 Å². The van der Waals surface area contributed by atoms with Gasteiger partial charge in [-0.15, -0.1) is 13.2 Å². The molecule has 0 heterocycles. The summed E-state index contributed by atoms with van der Waals surface area (Å²) in [5.41, 5.74) is 0.662. The molecule has 2 rings (SSSR count). The minimum atomic E-state index is -4.79. The molecule has 0 saturated heterocycles. The van der Waals surface area contributed by atoms with Gasteiger partial charge >= 0.3 is 6.36 Å². The fourth-order valence-electron chi connectivity index (χ4n) is 2.36. The van der Waals surface area contributed by atoms with E-state index in [0.29, 0.717) is 10.0 Å². The maximum absolute atomic E-state index is 12.6. The van der Waals surface area contributed by atoms with Crippen molar-refractivity contribution in [2.24, 2.45) is 5.92 Å². The van der Waals surface area contributed by atoms with Crippen LogP contribution in [0.4, 0.5) is 18.9 Å². The lowest BCUT2D eigenvalue weighted by Crippen LogP contribution is -2.47. The fourth-order valence-corrected chi connectivity index (χ4v) is 2.82. The predicted octanol–water partition coefficient (Wildman–Crippen LogP) is 4.74. The summed E-state index contributed by atoms with van der Waals surface area (Å²) in [6.07, 6.45) is -4.79. The molecular weight excluding hydrogens is 441 g/mol. The van der Waals surface area contributed by atoms with Crippen LogP contribution < -0.4 is 15.4 Å². The first-order valence-electron chi connectivity index (χ1n) is 8.29. The number of carbonyl (C=O) groups is 2. The second kappa shape index (κ2) is 9.09. The molecule has 150 valence electrons. The highest BCUT2D eigenvalue weighted by atomic mass is 79.9. The molecule has 0 spiro atoms. The lowest BCUT2D eigenvalue weighted by molar-refractivity contribution is -0.274. The number of nitrogens with one attached hydrogen (secondary N) is 2. The molecular formula is C19H18BrF3N2O3. The number of benzene rings is 2. The Morgan fingerprint density at radius 2 is 1.64 bits per heavy atom. The third kappa shape index (κ3) is 6.26. The second-order valence-corrected chi connectivity index (χ2v) is 7.09. The summed E-state index contributed by atoms with van der Waals surface area (Å²) in [7, 11) is 0. The Labute approximate surface area is 168 Å². The van der Waals surface area contributed by atoms with E-state index in [4.69, 9.17) is 0 Å². The van der Waals surface area contributed by atoms with Crippen molar-refractivity contribution in [3.63, 3.8) is 0 Å². The number of anilines is 1. The minimum absolute atomic E-state index is 0.223. The molecule has 5 nitrogen and oxygen atoms in total. The molecule has 0 saturated carbocycles. The van der Waals surface area contributed by atoms with Crippen LogP contribution in [0.15, 0.2) is 53.0 Å². The Balaban J connectivity index is 2.07. The molecule has 1 atom stereocenters. The van der Waals surface area contributed by atoms with Crippen molar-refractivity contribution >= 4 is 33.4 Å². The van der Waals surface area contributed by atoms with E-state index in [1.165, 1.54) is 12.1 Å². The summed E-state index contributed by atoms with van der Waals surface area (Å²) in [5.74, 6) is -1.53. The maximum atomic E-state index is 12.6. The van der Waals surface area contributed by atoms with E-state index in [-0.39, 0.29) is 11.6 Å². The van der Waals surface area contributed by atoms with Crippen LogP contribution in [0.3, 0.4) is 0 Å². The van der Waals surface area contributed by atoms with Gasteiger partial charge < -0.3 is 15.4 Å². The van der Waals surface area contributed by atoms with Crippen molar-refractivity contribution in [1.29, 1.82) is 0 Å². The van der Waals surface area contributed by atoms with E-state index >= 15 is 0 Å². The Morgan fingerprint density at radius 3 is 2.18 bits per heavy atom.